The number of aromatic nitrogens is 1. The monoisotopic (exact) mass is 570 g/mol. The van der Waals surface area contributed by atoms with Crippen LogP contribution in [0.3, 0.4) is 0 Å². The third-order valence-electron chi connectivity index (χ3n) is 8.68. The zero-order valence-electron chi connectivity index (χ0n) is 25.1. The van der Waals surface area contributed by atoms with E-state index in [2.05, 4.69) is 39.9 Å². The number of rotatable bonds is 9. The summed E-state index contributed by atoms with van der Waals surface area (Å²) >= 11 is 0. The molecule has 222 valence electrons. The van der Waals surface area contributed by atoms with Crippen molar-refractivity contribution in [3.63, 3.8) is 0 Å². The van der Waals surface area contributed by atoms with E-state index in [1.165, 1.54) is 0 Å². The second kappa shape index (κ2) is 12.9. The number of nitrogens with one attached hydrogen (secondary N) is 3. The van der Waals surface area contributed by atoms with E-state index in [1.807, 2.05) is 50.8 Å². The van der Waals surface area contributed by atoms with Crippen molar-refractivity contribution in [2.75, 3.05) is 30.0 Å². The fraction of sp³-hybridized carbons (Fsp3) is 0.441. The van der Waals surface area contributed by atoms with Crippen molar-refractivity contribution in [1.29, 1.82) is 0 Å². The van der Waals surface area contributed by atoms with Crippen molar-refractivity contribution < 1.29 is 14.3 Å². The summed E-state index contributed by atoms with van der Waals surface area (Å²) in [6.07, 6.45) is 4.86. The summed E-state index contributed by atoms with van der Waals surface area (Å²) in [4.78, 5) is 44.3. The number of carbonyl (C=O) groups is 2. The number of carbonyl (C=O) groups excluding carboxylic acids is 2. The number of benzene rings is 2. The van der Waals surface area contributed by atoms with E-state index >= 15 is 0 Å². The van der Waals surface area contributed by atoms with Gasteiger partial charge in [-0.15, -0.1) is 0 Å². The summed E-state index contributed by atoms with van der Waals surface area (Å²) < 4.78 is 5.48. The normalized spacial score (nSPS) is 15.6. The van der Waals surface area contributed by atoms with Gasteiger partial charge in [0.05, 0.1) is 0 Å². The Balaban J connectivity index is 1.47. The van der Waals surface area contributed by atoms with Gasteiger partial charge in [-0.05, 0) is 106 Å². The predicted octanol–water partition coefficient (Wildman–Crippen LogP) is 5.64. The van der Waals surface area contributed by atoms with Gasteiger partial charge in [-0.3, -0.25) is 14.4 Å². The standard InChI is InChI=1S/C34H42N4O4/c1-5-38(34(41)25-7-6-8-25)31-19-26(24-9-11-27(12-10-24)37-28-13-15-42-16-14-28)18-29(23(31)4)32(39)35-20-30-21(2)17-22(3)36-33(30)40/h9-12,17-19,25,28,37H,5-8,13-16,20H2,1-4H3,(H,35,39)(H,36,40). The minimum absolute atomic E-state index is 0.0389. The zero-order valence-corrected chi connectivity index (χ0v) is 25.1. The highest BCUT2D eigenvalue weighted by Crippen LogP contribution is 2.35. The number of hydrogen-bond donors (Lipinski definition) is 3. The Bertz CT molecular complexity index is 1500. The molecule has 1 saturated heterocycles. The van der Waals surface area contributed by atoms with Gasteiger partial charge < -0.3 is 25.3 Å². The van der Waals surface area contributed by atoms with Crippen molar-refractivity contribution in [3.8, 4) is 11.1 Å². The van der Waals surface area contributed by atoms with Crippen LogP contribution < -0.4 is 21.1 Å². The first-order valence-electron chi connectivity index (χ1n) is 15.1. The SMILES string of the molecule is CCN(C(=O)C1CCC1)c1cc(-c2ccc(NC3CCOCC3)cc2)cc(C(=O)NCc2c(C)cc(C)[nH]c2=O)c1C. The van der Waals surface area contributed by atoms with Crippen molar-refractivity contribution in [1.82, 2.24) is 10.3 Å². The van der Waals surface area contributed by atoms with Gasteiger partial charge in [0.25, 0.3) is 11.5 Å². The van der Waals surface area contributed by atoms with Crippen LogP contribution in [-0.4, -0.2) is 42.6 Å². The predicted molar refractivity (Wildman–Crippen MR) is 167 cm³/mol. The third-order valence-corrected chi connectivity index (χ3v) is 8.68. The maximum Gasteiger partial charge on any atom is 0.253 e. The average Bonchev–Trinajstić information content (AvgIpc) is 2.93. The lowest BCUT2D eigenvalue weighted by Crippen LogP contribution is -2.39. The van der Waals surface area contributed by atoms with Crippen LogP contribution in [0.5, 0.6) is 0 Å². The maximum atomic E-state index is 13.7. The molecule has 5 rings (SSSR count). The van der Waals surface area contributed by atoms with Gasteiger partial charge in [0, 0.05) is 66.5 Å². The van der Waals surface area contributed by atoms with E-state index in [1.54, 1.807) is 0 Å². The molecule has 0 bridgehead atoms. The van der Waals surface area contributed by atoms with Crippen LogP contribution in [0.15, 0.2) is 47.3 Å². The lowest BCUT2D eigenvalue weighted by molar-refractivity contribution is -0.124. The number of hydrogen-bond acceptors (Lipinski definition) is 5. The number of anilines is 2. The molecule has 0 unspecified atom stereocenters. The highest BCUT2D eigenvalue weighted by atomic mass is 16.5. The van der Waals surface area contributed by atoms with Crippen molar-refractivity contribution in [3.05, 3.63) is 80.8 Å². The van der Waals surface area contributed by atoms with Crippen LogP contribution in [0.2, 0.25) is 0 Å². The second-order valence-corrected chi connectivity index (χ2v) is 11.6. The molecule has 2 heterocycles. The number of ether oxygens (including phenoxy) is 1. The molecule has 3 aromatic rings. The highest BCUT2D eigenvalue weighted by Gasteiger charge is 2.31. The lowest BCUT2D eigenvalue weighted by Gasteiger charge is -2.32. The molecule has 8 nitrogen and oxygen atoms in total. The van der Waals surface area contributed by atoms with Crippen molar-refractivity contribution >= 4 is 23.2 Å². The number of nitrogens with zero attached hydrogens (tertiary/aromatic N) is 1. The Labute approximate surface area is 247 Å². The van der Waals surface area contributed by atoms with Crippen LogP contribution in [0.4, 0.5) is 11.4 Å². The first-order valence-corrected chi connectivity index (χ1v) is 15.1. The number of amides is 2. The fourth-order valence-electron chi connectivity index (χ4n) is 5.90. The molecule has 1 saturated carbocycles. The van der Waals surface area contributed by atoms with Gasteiger partial charge >= 0.3 is 0 Å². The Kier molecular flexibility index (Phi) is 9.12. The molecule has 1 aromatic heterocycles. The first-order chi connectivity index (χ1) is 20.2. The Hall–Kier alpha value is -3.91. The van der Waals surface area contributed by atoms with E-state index < -0.39 is 0 Å². The van der Waals surface area contributed by atoms with Gasteiger partial charge in [0.2, 0.25) is 5.91 Å². The van der Waals surface area contributed by atoms with E-state index in [-0.39, 0.29) is 29.8 Å². The summed E-state index contributed by atoms with van der Waals surface area (Å²) in [6, 6.07) is 14.4. The summed E-state index contributed by atoms with van der Waals surface area (Å²) in [5, 5.41) is 6.56. The molecule has 2 aliphatic rings. The molecule has 0 spiro atoms. The molecule has 1 aliphatic heterocycles. The number of aromatic amines is 1. The van der Waals surface area contributed by atoms with Gasteiger partial charge in [-0.25, -0.2) is 0 Å². The molecule has 2 aromatic carbocycles. The van der Waals surface area contributed by atoms with Crippen LogP contribution in [-0.2, 0) is 16.1 Å². The number of aryl methyl sites for hydroxylation is 2. The smallest absolute Gasteiger partial charge is 0.253 e. The zero-order chi connectivity index (χ0) is 29.8. The topological polar surface area (TPSA) is 104 Å². The van der Waals surface area contributed by atoms with E-state index in [0.717, 1.165) is 84.6 Å². The van der Waals surface area contributed by atoms with E-state index in [0.29, 0.717) is 23.7 Å². The molecule has 0 radical (unpaired) electrons. The molecular weight excluding hydrogens is 528 g/mol. The molecule has 42 heavy (non-hydrogen) atoms. The maximum absolute atomic E-state index is 13.7. The summed E-state index contributed by atoms with van der Waals surface area (Å²) in [5.74, 6) is -0.120. The molecule has 0 atom stereocenters. The molecule has 3 N–H and O–H groups in total. The van der Waals surface area contributed by atoms with Gasteiger partial charge in [0.15, 0.2) is 0 Å². The third kappa shape index (κ3) is 6.44. The Morgan fingerprint density at radius 3 is 2.31 bits per heavy atom. The van der Waals surface area contributed by atoms with Gasteiger partial charge in [0.1, 0.15) is 0 Å². The summed E-state index contributed by atoms with van der Waals surface area (Å²) in [7, 11) is 0. The minimum Gasteiger partial charge on any atom is -0.382 e. The Morgan fingerprint density at radius 2 is 1.69 bits per heavy atom. The number of H-pyrrole nitrogens is 1. The Morgan fingerprint density at radius 1 is 0.976 bits per heavy atom. The van der Waals surface area contributed by atoms with E-state index in [4.69, 9.17) is 4.74 Å². The highest BCUT2D eigenvalue weighted by molar-refractivity contribution is 6.02. The number of pyridine rings is 1. The van der Waals surface area contributed by atoms with Crippen LogP contribution in [0, 0.1) is 26.7 Å². The molecule has 2 amide bonds. The lowest BCUT2D eigenvalue weighted by atomic mass is 9.84. The van der Waals surface area contributed by atoms with Crippen LogP contribution in [0.25, 0.3) is 11.1 Å². The molecule has 2 fully saturated rings. The van der Waals surface area contributed by atoms with Crippen LogP contribution >= 0.6 is 0 Å². The van der Waals surface area contributed by atoms with Gasteiger partial charge in [-0.2, -0.15) is 0 Å². The quantitative estimate of drug-likeness (QED) is 0.309. The second-order valence-electron chi connectivity index (χ2n) is 11.6. The average molecular weight is 571 g/mol. The fourth-order valence-corrected chi connectivity index (χ4v) is 5.90. The minimum atomic E-state index is -0.278. The molecular formula is C34H42N4O4. The largest absolute Gasteiger partial charge is 0.382 e. The van der Waals surface area contributed by atoms with Gasteiger partial charge in [-0.1, -0.05) is 18.6 Å². The summed E-state index contributed by atoms with van der Waals surface area (Å²) in [6.45, 7) is 9.78. The molecule has 1 aliphatic carbocycles. The summed E-state index contributed by atoms with van der Waals surface area (Å²) in [5.41, 5.74) is 6.82. The van der Waals surface area contributed by atoms with E-state index in [9.17, 15) is 14.4 Å². The van der Waals surface area contributed by atoms with Crippen molar-refractivity contribution in [2.45, 2.75) is 72.4 Å². The van der Waals surface area contributed by atoms with Crippen LogP contribution in [0.1, 0.15) is 71.8 Å². The van der Waals surface area contributed by atoms with Crippen molar-refractivity contribution in [2.24, 2.45) is 5.92 Å². The first kappa shape index (κ1) is 29.6. The molecule has 8 heteroatoms.